The van der Waals surface area contributed by atoms with Crippen LogP contribution in [0, 0.1) is 0 Å². The standard InChI is InChI=1S/C28H32N2O3S/c1-3-29-28(32)26(18-22-10-6-4-7-11-22)30(19-23-12-8-5-9-13-23)27(31)21-34-20-24-14-16-25(33-2)17-15-24/h4-17,26H,3,18-21H2,1-2H3,(H,29,32)/t26-/m0/s1. The van der Waals surface area contributed by atoms with E-state index in [2.05, 4.69) is 5.32 Å². The molecular formula is C28H32N2O3S. The first kappa shape index (κ1) is 25.4. The third-order valence-corrected chi connectivity index (χ3v) is 6.46. The second kappa shape index (κ2) is 13.5. The summed E-state index contributed by atoms with van der Waals surface area (Å²) >= 11 is 1.55. The Morgan fingerprint density at radius 2 is 1.50 bits per heavy atom. The van der Waals surface area contributed by atoms with Crippen LogP contribution in [0.3, 0.4) is 0 Å². The smallest absolute Gasteiger partial charge is 0.243 e. The predicted molar refractivity (Wildman–Crippen MR) is 139 cm³/mol. The predicted octanol–water partition coefficient (Wildman–Crippen LogP) is 4.70. The second-order valence-corrected chi connectivity index (χ2v) is 8.93. The van der Waals surface area contributed by atoms with Gasteiger partial charge in [0.1, 0.15) is 11.8 Å². The van der Waals surface area contributed by atoms with Crippen LogP contribution in [0.5, 0.6) is 5.75 Å². The molecule has 3 aromatic rings. The molecule has 6 heteroatoms. The molecule has 2 amide bonds. The molecule has 0 spiro atoms. The van der Waals surface area contributed by atoms with Gasteiger partial charge < -0.3 is 15.0 Å². The zero-order chi connectivity index (χ0) is 24.2. The zero-order valence-corrected chi connectivity index (χ0v) is 20.6. The molecule has 178 valence electrons. The summed E-state index contributed by atoms with van der Waals surface area (Å²) in [6.45, 7) is 2.80. The van der Waals surface area contributed by atoms with Crippen LogP contribution in [0.1, 0.15) is 23.6 Å². The second-order valence-electron chi connectivity index (χ2n) is 7.95. The van der Waals surface area contributed by atoms with Crippen LogP contribution >= 0.6 is 11.8 Å². The molecule has 34 heavy (non-hydrogen) atoms. The maximum atomic E-state index is 13.5. The van der Waals surface area contributed by atoms with E-state index in [0.717, 1.165) is 22.4 Å². The van der Waals surface area contributed by atoms with Gasteiger partial charge in [0.15, 0.2) is 0 Å². The molecule has 0 saturated heterocycles. The molecule has 0 unspecified atom stereocenters. The Hall–Kier alpha value is -3.25. The molecule has 0 saturated carbocycles. The van der Waals surface area contributed by atoms with Crippen molar-refractivity contribution >= 4 is 23.6 Å². The Morgan fingerprint density at radius 1 is 0.882 bits per heavy atom. The number of benzene rings is 3. The summed E-state index contributed by atoms with van der Waals surface area (Å²) < 4.78 is 5.21. The number of likely N-dealkylation sites (N-methyl/N-ethyl adjacent to an activating group) is 1. The first-order chi connectivity index (χ1) is 16.6. The van der Waals surface area contributed by atoms with Gasteiger partial charge in [0, 0.05) is 25.3 Å². The molecule has 5 nitrogen and oxygen atoms in total. The first-order valence-electron chi connectivity index (χ1n) is 11.5. The molecule has 0 aromatic heterocycles. The molecule has 1 N–H and O–H groups in total. The lowest BCUT2D eigenvalue weighted by Gasteiger charge is -2.31. The topological polar surface area (TPSA) is 58.6 Å². The van der Waals surface area contributed by atoms with Crippen LogP contribution in [0.25, 0.3) is 0 Å². The van der Waals surface area contributed by atoms with E-state index in [1.807, 2.05) is 91.9 Å². The number of ether oxygens (including phenoxy) is 1. The molecule has 3 aromatic carbocycles. The van der Waals surface area contributed by atoms with E-state index in [4.69, 9.17) is 4.74 Å². The molecule has 0 heterocycles. The average molecular weight is 477 g/mol. The van der Waals surface area contributed by atoms with E-state index in [1.165, 1.54) is 0 Å². The fourth-order valence-corrected chi connectivity index (χ4v) is 4.56. The van der Waals surface area contributed by atoms with E-state index in [-0.39, 0.29) is 11.8 Å². The van der Waals surface area contributed by atoms with Crippen molar-refractivity contribution < 1.29 is 14.3 Å². The molecule has 0 aliphatic carbocycles. The van der Waals surface area contributed by atoms with Crippen molar-refractivity contribution in [3.63, 3.8) is 0 Å². The Morgan fingerprint density at radius 3 is 2.09 bits per heavy atom. The molecule has 0 radical (unpaired) electrons. The van der Waals surface area contributed by atoms with E-state index in [9.17, 15) is 9.59 Å². The van der Waals surface area contributed by atoms with Gasteiger partial charge in [-0.25, -0.2) is 0 Å². The minimum atomic E-state index is -0.586. The summed E-state index contributed by atoms with van der Waals surface area (Å²) in [5.41, 5.74) is 3.15. The highest BCUT2D eigenvalue weighted by Gasteiger charge is 2.29. The Labute approximate surface area is 206 Å². The van der Waals surface area contributed by atoms with Crippen molar-refractivity contribution in [2.45, 2.75) is 31.7 Å². The van der Waals surface area contributed by atoms with Crippen LogP contribution in [-0.4, -0.2) is 42.2 Å². The number of carbonyl (C=O) groups is 2. The van der Waals surface area contributed by atoms with Crippen LogP contribution < -0.4 is 10.1 Å². The minimum absolute atomic E-state index is 0.0467. The number of amides is 2. The van der Waals surface area contributed by atoms with Gasteiger partial charge in [0.2, 0.25) is 11.8 Å². The van der Waals surface area contributed by atoms with Crippen molar-refractivity contribution in [3.05, 3.63) is 102 Å². The van der Waals surface area contributed by atoms with E-state index in [0.29, 0.717) is 31.0 Å². The first-order valence-corrected chi connectivity index (χ1v) is 12.6. The largest absolute Gasteiger partial charge is 0.497 e. The number of hydrogen-bond donors (Lipinski definition) is 1. The molecule has 0 aliphatic heterocycles. The molecule has 1 atom stereocenters. The van der Waals surface area contributed by atoms with Gasteiger partial charge in [-0.1, -0.05) is 72.8 Å². The maximum Gasteiger partial charge on any atom is 0.243 e. The average Bonchev–Trinajstić information content (AvgIpc) is 2.88. The van der Waals surface area contributed by atoms with E-state index >= 15 is 0 Å². The van der Waals surface area contributed by atoms with Crippen molar-refractivity contribution in [3.8, 4) is 5.75 Å². The minimum Gasteiger partial charge on any atom is -0.497 e. The molecular weight excluding hydrogens is 444 g/mol. The fraction of sp³-hybridized carbons (Fsp3) is 0.286. The monoisotopic (exact) mass is 476 g/mol. The summed E-state index contributed by atoms with van der Waals surface area (Å²) in [6.07, 6.45) is 0.467. The van der Waals surface area contributed by atoms with Gasteiger partial charge in [0.05, 0.1) is 12.9 Å². The fourth-order valence-electron chi connectivity index (χ4n) is 3.69. The van der Waals surface area contributed by atoms with Crippen molar-refractivity contribution in [2.75, 3.05) is 19.4 Å². The SMILES string of the molecule is CCNC(=O)[C@H](Cc1ccccc1)N(Cc1ccccc1)C(=O)CSCc1ccc(OC)cc1. The highest BCUT2D eigenvalue weighted by Crippen LogP contribution is 2.20. The van der Waals surface area contributed by atoms with Gasteiger partial charge in [-0.15, -0.1) is 11.8 Å². The van der Waals surface area contributed by atoms with Crippen LogP contribution in [0.2, 0.25) is 0 Å². The van der Waals surface area contributed by atoms with Gasteiger partial charge >= 0.3 is 0 Å². The number of carbonyl (C=O) groups excluding carboxylic acids is 2. The Kier molecular flexibility index (Phi) is 10.0. The molecule has 0 bridgehead atoms. The number of hydrogen-bond acceptors (Lipinski definition) is 4. The molecule has 0 fully saturated rings. The number of methoxy groups -OCH3 is 1. The normalized spacial score (nSPS) is 11.5. The quantitative estimate of drug-likeness (QED) is 0.412. The van der Waals surface area contributed by atoms with Crippen LogP contribution in [0.4, 0.5) is 0 Å². The summed E-state index contributed by atoms with van der Waals surface area (Å²) in [5, 5.41) is 2.93. The Balaban J connectivity index is 1.77. The van der Waals surface area contributed by atoms with Gasteiger partial charge in [-0.05, 0) is 35.7 Å². The maximum absolute atomic E-state index is 13.5. The number of thioether (sulfide) groups is 1. The summed E-state index contributed by atoms with van der Waals surface area (Å²) in [5.74, 6) is 1.64. The van der Waals surface area contributed by atoms with Crippen molar-refractivity contribution in [1.82, 2.24) is 10.2 Å². The van der Waals surface area contributed by atoms with Crippen LogP contribution in [0.15, 0.2) is 84.9 Å². The van der Waals surface area contributed by atoms with Gasteiger partial charge in [0.25, 0.3) is 0 Å². The zero-order valence-electron chi connectivity index (χ0n) is 19.8. The summed E-state index contributed by atoms with van der Waals surface area (Å²) in [7, 11) is 1.64. The molecule has 0 aliphatic rings. The van der Waals surface area contributed by atoms with E-state index in [1.54, 1.807) is 23.8 Å². The van der Waals surface area contributed by atoms with Gasteiger partial charge in [-0.3, -0.25) is 9.59 Å². The number of rotatable bonds is 12. The summed E-state index contributed by atoms with van der Waals surface area (Å²) in [4.78, 5) is 28.3. The van der Waals surface area contributed by atoms with E-state index < -0.39 is 6.04 Å². The number of nitrogens with one attached hydrogen (secondary N) is 1. The lowest BCUT2D eigenvalue weighted by Crippen LogP contribution is -2.51. The van der Waals surface area contributed by atoms with Gasteiger partial charge in [-0.2, -0.15) is 0 Å². The molecule has 3 rings (SSSR count). The van der Waals surface area contributed by atoms with Crippen molar-refractivity contribution in [1.29, 1.82) is 0 Å². The number of nitrogens with zero attached hydrogens (tertiary/aromatic N) is 1. The van der Waals surface area contributed by atoms with Crippen molar-refractivity contribution in [2.24, 2.45) is 0 Å². The lowest BCUT2D eigenvalue weighted by molar-refractivity contribution is -0.139. The lowest BCUT2D eigenvalue weighted by atomic mass is 10.0. The third-order valence-electron chi connectivity index (χ3n) is 5.47. The highest BCUT2D eigenvalue weighted by atomic mass is 32.2. The third kappa shape index (κ3) is 7.66. The highest BCUT2D eigenvalue weighted by molar-refractivity contribution is 7.99. The van der Waals surface area contributed by atoms with Crippen LogP contribution in [-0.2, 0) is 28.3 Å². The summed E-state index contributed by atoms with van der Waals surface area (Å²) in [6, 6.07) is 27.0. The Bertz CT molecular complexity index is 1030.